The average molecular weight is 321 g/mol. The van der Waals surface area contributed by atoms with Crippen molar-refractivity contribution < 1.29 is 4.74 Å². The molecule has 0 fully saturated rings. The number of rotatable bonds is 5. The fraction of sp³-hybridized carbons (Fsp3) is 0.111. The zero-order chi connectivity index (χ0) is 16.9. The number of benzene rings is 2. The Morgan fingerprint density at radius 2 is 1.71 bits per heavy atom. The van der Waals surface area contributed by atoms with Gasteiger partial charge < -0.3 is 21.1 Å². The van der Waals surface area contributed by atoms with Gasteiger partial charge in [0.1, 0.15) is 17.8 Å². The SMILES string of the molecule is COc1cccc(Nc2ncnc(Nc3ccccc3C)c2N)c1. The number of ether oxygens (including phenoxy) is 1. The number of nitrogens with zero attached hydrogens (tertiary/aromatic N) is 2. The van der Waals surface area contributed by atoms with Crippen molar-refractivity contribution in [3.63, 3.8) is 0 Å². The number of aromatic nitrogens is 2. The van der Waals surface area contributed by atoms with Crippen LogP contribution >= 0.6 is 0 Å². The molecule has 0 bridgehead atoms. The van der Waals surface area contributed by atoms with Gasteiger partial charge in [0.15, 0.2) is 11.6 Å². The lowest BCUT2D eigenvalue weighted by atomic mass is 10.2. The van der Waals surface area contributed by atoms with Crippen LogP contribution in [0.1, 0.15) is 5.56 Å². The van der Waals surface area contributed by atoms with E-state index in [0.29, 0.717) is 17.3 Å². The highest BCUT2D eigenvalue weighted by molar-refractivity contribution is 5.80. The number of aryl methyl sites for hydroxylation is 1. The molecule has 0 spiro atoms. The van der Waals surface area contributed by atoms with E-state index < -0.39 is 0 Å². The Morgan fingerprint density at radius 3 is 2.46 bits per heavy atom. The smallest absolute Gasteiger partial charge is 0.159 e. The number of nitrogens with two attached hydrogens (primary N) is 1. The van der Waals surface area contributed by atoms with Gasteiger partial charge >= 0.3 is 0 Å². The molecular weight excluding hydrogens is 302 g/mol. The minimum Gasteiger partial charge on any atom is -0.497 e. The van der Waals surface area contributed by atoms with Gasteiger partial charge in [0.25, 0.3) is 0 Å². The Labute approximate surface area is 140 Å². The van der Waals surface area contributed by atoms with Gasteiger partial charge in [0.05, 0.1) is 7.11 Å². The van der Waals surface area contributed by atoms with Crippen LogP contribution in [0.5, 0.6) is 5.75 Å². The maximum atomic E-state index is 6.22. The molecule has 24 heavy (non-hydrogen) atoms. The van der Waals surface area contributed by atoms with Gasteiger partial charge in [-0.3, -0.25) is 0 Å². The van der Waals surface area contributed by atoms with Gasteiger partial charge in [0, 0.05) is 17.4 Å². The van der Waals surface area contributed by atoms with Crippen molar-refractivity contribution in [3.05, 3.63) is 60.4 Å². The van der Waals surface area contributed by atoms with E-state index in [4.69, 9.17) is 10.5 Å². The van der Waals surface area contributed by atoms with Gasteiger partial charge in [-0.15, -0.1) is 0 Å². The molecule has 0 aliphatic carbocycles. The second-order valence-electron chi connectivity index (χ2n) is 5.28. The van der Waals surface area contributed by atoms with Crippen molar-refractivity contribution in [2.24, 2.45) is 0 Å². The Kier molecular flexibility index (Phi) is 4.47. The van der Waals surface area contributed by atoms with Crippen LogP contribution < -0.4 is 21.1 Å². The first-order chi connectivity index (χ1) is 11.7. The fourth-order valence-corrected chi connectivity index (χ4v) is 2.27. The molecule has 0 atom stereocenters. The number of hydrogen-bond donors (Lipinski definition) is 3. The van der Waals surface area contributed by atoms with Crippen LogP contribution in [-0.2, 0) is 0 Å². The quantitative estimate of drug-likeness (QED) is 0.661. The highest BCUT2D eigenvalue weighted by Crippen LogP contribution is 2.29. The minimum absolute atomic E-state index is 0.448. The van der Waals surface area contributed by atoms with E-state index in [-0.39, 0.29) is 0 Å². The number of nitrogens with one attached hydrogen (secondary N) is 2. The molecule has 0 radical (unpaired) electrons. The van der Waals surface area contributed by atoms with Crippen LogP contribution in [0.25, 0.3) is 0 Å². The summed E-state index contributed by atoms with van der Waals surface area (Å²) in [6, 6.07) is 15.5. The zero-order valence-electron chi connectivity index (χ0n) is 13.6. The molecule has 1 heterocycles. The van der Waals surface area contributed by atoms with E-state index in [1.54, 1.807) is 7.11 Å². The maximum absolute atomic E-state index is 6.22. The Bertz CT molecular complexity index is 850. The number of hydrogen-bond acceptors (Lipinski definition) is 6. The lowest BCUT2D eigenvalue weighted by Crippen LogP contribution is -2.05. The summed E-state index contributed by atoms with van der Waals surface area (Å²) < 4.78 is 5.22. The predicted molar refractivity (Wildman–Crippen MR) is 97.2 cm³/mol. The van der Waals surface area contributed by atoms with E-state index in [1.165, 1.54) is 6.33 Å². The second kappa shape index (κ2) is 6.87. The molecule has 4 N–H and O–H groups in total. The lowest BCUT2D eigenvalue weighted by Gasteiger charge is -2.14. The molecule has 3 aromatic rings. The van der Waals surface area contributed by atoms with Gasteiger partial charge in [-0.05, 0) is 30.7 Å². The highest BCUT2D eigenvalue weighted by atomic mass is 16.5. The van der Waals surface area contributed by atoms with E-state index in [2.05, 4.69) is 20.6 Å². The fourth-order valence-electron chi connectivity index (χ4n) is 2.27. The van der Waals surface area contributed by atoms with Gasteiger partial charge in [-0.25, -0.2) is 9.97 Å². The van der Waals surface area contributed by atoms with Crippen molar-refractivity contribution in [1.82, 2.24) is 9.97 Å². The Morgan fingerprint density at radius 1 is 0.958 bits per heavy atom. The normalized spacial score (nSPS) is 10.2. The van der Waals surface area contributed by atoms with Crippen molar-refractivity contribution in [2.75, 3.05) is 23.5 Å². The maximum Gasteiger partial charge on any atom is 0.159 e. The average Bonchev–Trinajstić information content (AvgIpc) is 2.60. The summed E-state index contributed by atoms with van der Waals surface area (Å²) in [5, 5.41) is 6.44. The molecule has 0 aliphatic rings. The summed E-state index contributed by atoms with van der Waals surface area (Å²) in [6.45, 7) is 2.02. The second-order valence-corrected chi connectivity index (χ2v) is 5.28. The first-order valence-corrected chi connectivity index (χ1v) is 7.51. The Hall–Kier alpha value is -3.28. The molecule has 0 amide bonds. The molecule has 0 unspecified atom stereocenters. The lowest BCUT2D eigenvalue weighted by molar-refractivity contribution is 0.415. The van der Waals surface area contributed by atoms with Gasteiger partial charge in [-0.1, -0.05) is 24.3 Å². The number of anilines is 5. The van der Waals surface area contributed by atoms with E-state index >= 15 is 0 Å². The molecular formula is C18H19N5O. The van der Waals surface area contributed by atoms with E-state index in [0.717, 1.165) is 22.7 Å². The molecule has 6 nitrogen and oxygen atoms in total. The summed E-state index contributed by atoms with van der Waals surface area (Å²) in [5.41, 5.74) is 9.56. The topological polar surface area (TPSA) is 85.1 Å². The van der Waals surface area contributed by atoms with Crippen molar-refractivity contribution in [3.8, 4) is 5.75 Å². The molecule has 1 aromatic heterocycles. The first kappa shape index (κ1) is 15.6. The van der Waals surface area contributed by atoms with Gasteiger partial charge in [0.2, 0.25) is 0 Å². The van der Waals surface area contributed by atoms with E-state index in [1.807, 2.05) is 55.5 Å². The monoisotopic (exact) mass is 321 g/mol. The largest absolute Gasteiger partial charge is 0.497 e. The minimum atomic E-state index is 0.448. The zero-order valence-corrected chi connectivity index (χ0v) is 13.6. The summed E-state index contributed by atoms with van der Waals surface area (Å²) >= 11 is 0. The van der Waals surface area contributed by atoms with E-state index in [9.17, 15) is 0 Å². The van der Waals surface area contributed by atoms with Crippen LogP contribution in [0.15, 0.2) is 54.9 Å². The highest BCUT2D eigenvalue weighted by Gasteiger charge is 2.10. The number of para-hydroxylation sites is 1. The van der Waals surface area contributed by atoms with Crippen LogP contribution in [0.2, 0.25) is 0 Å². The summed E-state index contributed by atoms with van der Waals surface area (Å²) in [7, 11) is 1.63. The third kappa shape index (κ3) is 3.38. The molecule has 0 saturated heterocycles. The van der Waals surface area contributed by atoms with Crippen molar-refractivity contribution in [1.29, 1.82) is 0 Å². The molecule has 2 aromatic carbocycles. The third-order valence-electron chi connectivity index (χ3n) is 3.61. The van der Waals surface area contributed by atoms with Crippen LogP contribution in [0, 0.1) is 6.92 Å². The standard InChI is InChI=1S/C18H19N5O/c1-12-6-3-4-9-15(12)23-18-16(19)17(20-11-21-18)22-13-7-5-8-14(10-13)24-2/h3-11H,19H2,1-2H3,(H2,20,21,22,23). The molecule has 3 rings (SSSR count). The summed E-state index contributed by atoms with van der Waals surface area (Å²) in [4.78, 5) is 8.46. The van der Waals surface area contributed by atoms with Crippen LogP contribution in [-0.4, -0.2) is 17.1 Å². The molecule has 6 heteroatoms. The van der Waals surface area contributed by atoms with Gasteiger partial charge in [-0.2, -0.15) is 0 Å². The molecule has 0 aliphatic heterocycles. The first-order valence-electron chi connectivity index (χ1n) is 7.51. The summed E-state index contributed by atoms with van der Waals surface area (Å²) in [5.74, 6) is 1.85. The predicted octanol–water partition coefficient (Wildman–Crippen LogP) is 3.86. The number of methoxy groups -OCH3 is 1. The van der Waals surface area contributed by atoms with Crippen LogP contribution in [0.4, 0.5) is 28.7 Å². The van der Waals surface area contributed by atoms with Crippen molar-refractivity contribution >= 4 is 28.7 Å². The Balaban J connectivity index is 1.86. The van der Waals surface area contributed by atoms with Crippen LogP contribution in [0.3, 0.4) is 0 Å². The summed E-state index contributed by atoms with van der Waals surface area (Å²) in [6.07, 6.45) is 1.47. The molecule has 122 valence electrons. The molecule has 0 saturated carbocycles. The van der Waals surface area contributed by atoms with Crippen molar-refractivity contribution in [2.45, 2.75) is 6.92 Å². The number of nitrogen functional groups attached to an aromatic ring is 1. The third-order valence-corrected chi connectivity index (χ3v) is 3.61.